The largest absolute Gasteiger partial charge is 0.325 e. The molecule has 0 aliphatic carbocycles. The molecule has 27 heavy (non-hydrogen) atoms. The first kappa shape index (κ1) is 17.7. The smallest absolute Gasteiger partial charge is 0.237 e. The number of rotatable bonds is 5. The minimum absolute atomic E-state index is 0.0449. The summed E-state index contributed by atoms with van der Waals surface area (Å²) in [7, 11) is 0. The van der Waals surface area contributed by atoms with Crippen molar-refractivity contribution in [1.29, 1.82) is 0 Å². The van der Waals surface area contributed by atoms with Crippen LogP contribution in [0.3, 0.4) is 0 Å². The maximum absolute atomic E-state index is 12.5. The van der Waals surface area contributed by atoms with Crippen LogP contribution in [0.15, 0.2) is 78.1 Å². The molecule has 4 rings (SSSR count). The third-order valence-corrected chi connectivity index (χ3v) is 6.26. The Bertz CT molecular complexity index is 1060. The van der Waals surface area contributed by atoms with E-state index in [4.69, 9.17) is 0 Å². The Hall–Kier alpha value is -2.70. The van der Waals surface area contributed by atoms with Gasteiger partial charge in [0.15, 0.2) is 0 Å². The summed E-state index contributed by atoms with van der Waals surface area (Å²) >= 11 is 3.09. The summed E-state index contributed by atoms with van der Waals surface area (Å²) in [5.41, 5.74) is 1.95. The molecule has 0 spiro atoms. The van der Waals surface area contributed by atoms with E-state index in [0.717, 1.165) is 31.4 Å². The molecule has 6 heteroatoms. The molecule has 2 aromatic carbocycles. The van der Waals surface area contributed by atoms with E-state index in [1.54, 1.807) is 17.7 Å². The third kappa shape index (κ3) is 4.02. The molecule has 2 aromatic heterocycles. The molecule has 0 saturated heterocycles. The van der Waals surface area contributed by atoms with Crippen LogP contribution in [0.4, 0.5) is 5.69 Å². The van der Waals surface area contributed by atoms with Crippen LogP contribution in [0.25, 0.3) is 20.7 Å². The maximum Gasteiger partial charge on any atom is 0.237 e. The first-order valence-electron chi connectivity index (χ1n) is 8.53. The lowest BCUT2D eigenvalue weighted by Crippen LogP contribution is -2.22. The van der Waals surface area contributed by atoms with Crippen molar-refractivity contribution in [3.8, 4) is 10.4 Å². The highest BCUT2D eigenvalue weighted by Crippen LogP contribution is 2.37. The van der Waals surface area contributed by atoms with E-state index in [0.29, 0.717) is 0 Å². The number of hydrogen-bond donors (Lipinski definition) is 1. The van der Waals surface area contributed by atoms with Crippen LogP contribution in [0.2, 0.25) is 0 Å². The lowest BCUT2D eigenvalue weighted by molar-refractivity contribution is -0.115. The average Bonchev–Trinajstić information content (AvgIpc) is 3.15. The number of benzene rings is 2. The number of aromatic nitrogens is 2. The summed E-state index contributed by atoms with van der Waals surface area (Å²) in [6.07, 6.45) is 1.57. The Kier molecular flexibility index (Phi) is 5.18. The van der Waals surface area contributed by atoms with Gasteiger partial charge in [0.05, 0.1) is 5.25 Å². The highest BCUT2D eigenvalue weighted by Gasteiger charge is 2.18. The van der Waals surface area contributed by atoms with Crippen molar-refractivity contribution in [1.82, 2.24) is 9.97 Å². The van der Waals surface area contributed by atoms with Crippen LogP contribution >= 0.6 is 23.1 Å². The molecule has 0 aliphatic rings. The van der Waals surface area contributed by atoms with Crippen LogP contribution in [0.5, 0.6) is 0 Å². The third-order valence-electron chi connectivity index (χ3n) is 4.05. The van der Waals surface area contributed by atoms with Gasteiger partial charge in [-0.05, 0) is 30.7 Å². The Morgan fingerprint density at radius 1 is 1.04 bits per heavy atom. The predicted octanol–water partition coefficient (Wildman–Crippen LogP) is 5.48. The molecule has 2 heterocycles. The van der Waals surface area contributed by atoms with Crippen LogP contribution in [0.1, 0.15) is 6.92 Å². The quantitative estimate of drug-likeness (QED) is 0.362. The first-order valence-corrected chi connectivity index (χ1v) is 10.2. The van der Waals surface area contributed by atoms with Gasteiger partial charge in [0, 0.05) is 16.0 Å². The van der Waals surface area contributed by atoms with Crippen molar-refractivity contribution in [3.05, 3.63) is 73.1 Å². The number of thioether (sulfide) groups is 1. The zero-order chi connectivity index (χ0) is 18.6. The molecule has 4 nitrogen and oxygen atoms in total. The van der Waals surface area contributed by atoms with Crippen molar-refractivity contribution in [3.63, 3.8) is 0 Å². The molecule has 134 valence electrons. The molecule has 1 amide bonds. The summed E-state index contributed by atoms with van der Waals surface area (Å²) in [4.78, 5) is 23.4. The van der Waals surface area contributed by atoms with E-state index < -0.39 is 0 Å². The Balaban J connectivity index is 1.56. The molecular formula is C21H17N3OS2. The van der Waals surface area contributed by atoms with E-state index in [2.05, 4.69) is 33.5 Å². The van der Waals surface area contributed by atoms with E-state index in [1.165, 1.54) is 11.8 Å². The number of hydrogen-bond acceptors (Lipinski definition) is 5. The molecule has 1 atom stereocenters. The predicted molar refractivity (Wildman–Crippen MR) is 113 cm³/mol. The topological polar surface area (TPSA) is 54.9 Å². The minimum atomic E-state index is -0.275. The van der Waals surface area contributed by atoms with Gasteiger partial charge in [-0.1, -0.05) is 60.3 Å². The second-order valence-corrected chi connectivity index (χ2v) is 8.35. The number of amides is 1. The SMILES string of the molecule is CC(Sc1ncnc2sc(-c3ccccc3)cc12)C(=O)Nc1ccccc1. The van der Waals surface area contributed by atoms with E-state index in [1.807, 2.05) is 55.5 Å². The molecule has 4 aromatic rings. The van der Waals surface area contributed by atoms with Crippen molar-refractivity contribution < 1.29 is 4.79 Å². The average molecular weight is 392 g/mol. The fourth-order valence-corrected chi connectivity index (χ4v) is 4.62. The maximum atomic E-state index is 12.5. The summed E-state index contributed by atoms with van der Waals surface area (Å²) in [6.45, 7) is 1.89. The fourth-order valence-electron chi connectivity index (χ4n) is 2.66. The lowest BCUT2D eigenvalue weighted by Gasteiger charge is -2.11. The number of anilines is 1. The second kappa shape index (κ2) is 7.90. The van der Waals surface area contributed by atoms with Gasteiger partial charge in [-0.2, -0.15) is 0 Å². The summed E-state index contributed by atoms with van der Waals surface area (Å²) < 4.78 is 0. The first-order chi connectivity index (χ1) is 13.2. The van der Waals surface area contributed by atoms with Crippen molar-refractivity contribution in [2.45, 2.75) is 17.2 Å². The number of para-hydroxylation sites is 1. The molecule has 1 unspecified atom stereocenters. The standard InChI is InChI=1S/C21H17N3OS2/c1-14(19(25)24-16-10-6-3-7-11-16)26-20-17-12-18(15-8-4-2-5-9-15)27-21(17)23-13-22-20/h2-14H,1H3,(H,24,25). The van der Waals surface area contributed by atoms with Gasteiger partial charge in [-0.3, -0.25) is 4.79 Å². The number of nitrogens with zero attached hydrogens (tertiary/aromatic N) is 2. The van der Waals surface area contributed by atoms with Crippen molar-refractivity contribution >= 4 is 44.9 Å². The van der Waals surface area contributed by atoms with Gasteiger partial charge >= 0.3 is 0 Å². The van der Waals surface area contributed by atoms with Gasteiger partial charge in [0.1, 0.15) is 16.2 Å². The number of thiophene rings is 1. The van der Waals surface area contributed by atoms with E-state index in [9.17, 15) is 4.79 Å². The number of fused-ring (bicyclic) bond motifs is 1. The fraction of sp³-hybridized carbons (Fsp3) is 0.0952. The monoisotopic (exact) mass is 391 g/mol. The summed E-state index contributed by atoms with van der Waals surface area (Å²) in [5.74, 6) is -0.0449. The van der Waals surface area contributed by atoms with Gasteiger partial charge in [-0.15, -0.1) is 11.3 Å². The van der Waals surface area contributed by atoms with Gasteiger partial charge < -0.3 is 5.32 Å². The Morgan fingerprint density at radius 3 is 2.48 bits per heavy atom. The molecule has 0 radical (unpaired) electrons. The zero-order valence-corrected chi connectivity index (χ0v) is 16.3. The molecule has 0 bridgehead atoms. The highest BCUT2D eigenvalue weighted by molar-refractivity contribution is 8.00. The Morgan fingerprint density at radius 2 is 1.74 bits per heavy atom. The highest BCUT2D eigenvalue weighted by atomic mass is 32.2. The van der Waals surface area contributed by atoms with E-state index in [-0.39, 0.29) is 11.2 Å². The van der Waals surface area contributed by atoms with Crippen molar-refractivity contribution in [2.75, 3.05) is 5.32 Å². The molecule has 0 saturated carbocycles. The van der Waals surface area contributed by atoms with Gasteiger partial charge in [0.2, 0.25) is 5.91 Å². The van der Waals surface area contributed by atoms with Gasteiger partial charge in [-0.25, -0.2) is 9.97 Å². The summed E-state index contributed by atoms with van der Waals surface area (Å²) in [6, 6.07) is 21.8. The molecule has 0 aliphatic heterocycles. The van der Waals surface area contributed by atoms with Crippen LogP contribution in [-0.2, 0) is 4.79 Å². The minimum Gasteiger partial charge on any atom is -0.325 e. The van der Waals surface area contributed by atoms with Gasteiger partial charge in [0.25, 0.3) is 0 Å². The van der Waals surface area contributed by atoms with Crippen LogP contribution in [-0.4, -0.2) is 21.1 Å². The molecule has 0 fully saturated rings. The Labute approximate surface area is 165 Å². The number of nitrogens with one attached hydrogen (secondary N) is 1. The summed E-state index contributed by atoms with van der Waals surface area (Å²) in [5, 5.41) is 4.49. The lowest BCUT2D eigenvalue weighted by atomic mass is 10.2. The van der Waals surface area contributed by atoms with Crippen molar-refractivity contribution in [2.24, 2.45) is 0 Å². The molecule has 1 N–H and O–H groups in total. The number of carbonyl (C=O) groups is 1. The normalized spacial score (nSPS) is 12.0. The molecular weight excluding hydrogens is 374 g/mol. The second-order valence-electron chi connectivity index (χ2n) is 5.99. The van der Waals surface area contributed by atoms with E-state index >= 15 is 0 Å². The number of carbonyl (C=O) groups excluding carboxylic acids is 1. The zero-order valence-electron chi connectivity index (χ0n) is 14.6. The van der Waals surface area contributed by atoms with Crippen LogP contribution < -0.4 is 5.32 Å². The van der Waals surface area contributed by atoms with Crippen LogP contribution in [0, 0.1) is 0 Å².